The fourth-order valence-corrected chi connectivity index (χ4v) is 2.32. The second-order valence-electron chi connectivity index (χ2n) is 3.90. The second kappa shape index (κ2) is 3.93. The molecule has 0 spiro atoms. The smallest absolute Gasteiger partial charge is 0.184 e. The highest BCUT2D eigenvalue weighted by Crippen LogP contribution is 2.24. The number of halogens is 2. The van der Waals surface area contributed by atoms with Gasteiger partial charge in [-0.15, -0.1) is 0 Å². The fourth-order valence-electron chi connectivity index (χ4n) is 1.85. The third-order valence-electron chi connectivity index (χ3n) is 2.65. The molecule has 92 valence electrons. The van der Waals surface area contributed by atoms with Crippen molar-refractivity contribution < 1.29 is 4.39 Å². The van der Waals surface area contributed by atoms with Crippen molar-refractivity contribution in [3.63, 3.8) is 0 Å². The highest BCUT2D eigenvalue weighted by molar-refractivity contribution is 7.71. The van der Waals surface area contributed by atoms with Crippen LogP contribution in [-0.4, -0.2) is 19.3 Å². The third kappa shape index (κ3) is 1.65. The standard InChI is InChI=1S/C11H8ClFN4S/c1-16-3-2-10(15-16)17-9-5-7(13)6(12)4-8(9)14-11(17)18/h2-5H,1H3,(H,14,18). The molecule has 0 aliphatic heterocycles. The summed E-state index contributed by atoms with van der Waals surface area (Å²) in [6.07, 6.45) is 1.79. The van der Waals surface area contributed by atoms with Gasteiger partial charge in [0, 0.05) is 25.4 Å². The third-order valence-corrected chi connectivity index (χ3v) is 3.23. The Hall–Kier alpha value is -1.66. The normalized spacial score (nSPS) is 11.3. The van der Waals surface area contributed by atoms with E-state index >= 15 is 0 Å². The van der Waals surface area contributed by atoms with E-state index in [0.29, 0.717) is 21.6 Å². The number of nitrogens with one attached hydrogen (secondary N) is 1. The predicted octanol–water partition coefficient (Wildman–Crippen LogP) is 3.21. The number of hydrogen-bond donors (Lipinski definition) is 1. The van der Waals surface area contributed by atoms with Gasteiger partial charge in [0.05, 0.1) is 16.1 Å². The SMILES string of the molecule is Cn1ccc(-n2c(=S)[nH]c3cc(Cl)c(F)cc32)n1. The molecule has 1 aromatic carbocycles. The zero-order valence-electron chi connectivity index (χ0n) is 9.32. The van der Waals surface area contributed by atoms with Crippen LogP contribution < -0.4 is 0 Å². The van der Waals surface area contributed by atoms with Crippen molar-refractivity contribution in [1.29, 1.82) is 0 Å². The number of H-pyrrole nitrogens is 1. The maximum atomic E-state index is 13.5. The van der Waals surface area contributed by atoms with Crippen LogP contribution in [-0.2, 0) is 7.05 Å². The van der Waals surface area contributed by atoms with Crippen LogP contribution in [0.4, 0.5) is 4.39 Å². The van der Waals surface area contributed by atoms with E-state index in [1.54, 1.807) is 28.6 Å². The topological polar surface area (TPSA) is 38.5 Å². The molecule has 0 atom stereocenters. The largest absolute Gasteiger partial charge is 0.330 e. The number of aromatic nitrogens is 4. The minimum absolute atomic E-state index is 0.0620. The minimum atomic E-state index is -0.483. The second-order valence-corrected chi connectivity index (χ2v) is 4.69. The van der Waals surface area contributed by atoms with Crippen LogP contribution >= 0.6 is 23.8 Å². The number of benzene rings is 1. The first kappa shape index (κ1) is 11.4. The molecule has 0 saturated heterocycles. The summed E-state index contributed by atoms with van der Waals surface area (Å²) in [5.41, 5.74) is 1.29. The molecule has 3 aromatic rings. The Kier molecular flexibility index (Phi) is 2.49. The average molecular weight is 283 g/mol. The van der Waals surface area contributed by atoms with Crippen LogP contribution in [0.2, 0.25) is 5.02 Å². The van der Waals surface area contributed by atoms with E-state index in [9.17, 15) is 4.39 Å². The van der Waals surface area contributed by atoms with Gasteiger partial charge in [-0.05, 0) is 18.3 Å². The van der Waals surface area contributed by atoms with Gasteiger partial charge in [-0.3, -0.25) is 9.25 Å². The summed E-state index contributed by atoms with van der Waals surface area (Å²) < 4.78 is 17.3. The fraction of sp³-hybridized carbons (Fsp3) is 0.0909. The van der Waals surface area contributed by atoms with Crippen molar-refractivity contribution in [2.75, 3.05) is 0 Å². The molecule has 0 radical (unpaired) electrons. The van der Waals surface area contributed by atoms with Gasteiger partial charge in [-0.25, -0.2) is 4.39 Å². The molecule has 7 heteroatoms. The molecular weight excluding hydrogens is 275 g/mol. The van der Waals surface area contributed by atoms with Crippen LogP contribution in [0.25, 0.3) is 16.9 Å². The van der Waals surface area contributed by atoms with Crippen molar-refractivity contribution >= 4 is 34.9 Å². The van der Waals surface area contributed by atoms with Crippen molar-refractivity contribution in [3.8, 4) is 5.82 Å². The maximum Gasteiger partial charge on any atom is 0.184 e. The zero-order chi connectivity index (χ0) is 12.9. The van der Waals surface area contributed by atoms with Gasteiger partial charge in [0.25, 0.3) is 0 Å². The van der Waals surface area contributed by atoms with Gasteiger partial charge in [0.1, 0.15) is 5.82 Å². The lowest BCUT2D eigenvalue weighted by atomic mass is 10.3. The molecule has 0 unspecified atom stereocenters. The molecular formula is C11H8ClFN4S. The molecule has 0 bridgehead atoms. The van der Waals surface area contributed by atoms with Crippen molar-refractivity contribution in [2.45, 2.75) is 0 Å². The average Bonchev–Trinajstić information content (AvgIpc) is 2.83. The van der Waals surface area contributed by atoms with Crippen molar-refractivity contribution in [2.24, 2.45) is 7.05 Å². The summed E-state index contributed by atoms with van der Waals surface area (Å²) in [4.78, 5) is 2.98. The van der Waals surface area contributed by atoms with Gasteiger partial charge in [-0.2, -0.15) is 5.10 Å². The monoisotopic (exact) mass is 282 g/mol. The molecule has 2 heterocycles. The highest BCUT2D eigenvalue weighted by atomic mass is 35.5. The molecule has 4 nitrogen and oxygen atoms in total. The summed E-state index contributed by atoms with van der Waals surface area (Å²) in [5.74, 6) is 0.151. The van der Waals surface area contributed by atoms with E-state index in [0.717, 1.165) is 0 Å². The Labute approximate surface area is 112 Å². The maximum absolute atomic E-state index is 13.5. The Balaban J connectivity index is 2.38. The lowest BCUT2D eigenvalue weighted by Crippen LogP contribution is -1.97. The van der Waals surface area contributed by atoms with Crippen LogP contribution in [0, 0.1) is 10.6 Å². The van der Waals surface area contributed by atoms with Crippen LogP contribution in [0.15, 0.2) is 24.4 Å². The zero-order valence-corrected chi connectivity index (χ0v) is 10.9. The highest BCUT2D eigenvalue weighted by Gasteiger charge is 2.11. The molecule has 0 saturated carbocycles. The van der Waals surface area contributed by atoms with Crippen molar-refractivity contribution in [3.05, 3.63) is 40.0 Å². The molecule has 0 aliphatic carbocycles. The summed E-state index contributed by atoms with van der Waals surface area (Å²) in [7, 11) is 1.80. The Morgan fingerprint density at radius 2 is 2.22 bits per heavy atom. The quantitative estimate of drug-likeness (QED) is 0.696. The predicted molar refractivity (Wildman–Crippen MR) is 70.2 cm³/mol. The van der Waals surface area contributed by atoms with Gasteiger partial charge < -0.3 is 4.98 Å². The molecule has 18 heavy (non-hydrogen) atoms. The molecule has 0 fully saturated rings. The Morgan fingerprint density at radius 3 is 2.89 bits per heavy atom. The van der Waals surface area contributed by atoms with E-state index in [1.807, 2.05) is 0 Å². The van der Waals surface area contributed by atoms with Crippen LogP contribution in [0.1, 0.15) is 0 Å². The summed E-state index contributed by atoms with van der Waals surface area (Å²) >= 11 is 11.0. The summed E-state index contributed by atoms with van der Waals surface area (Å²) in [5, 5.41) is 4.32. The molecule has 2 aromatic heterocycles. The number of rotatable bonds is 1. The van der Waals surface area contributed by atoms with Crippen LogP contribution in [0.3, 0.4) is 0 Å². The van der Waals surface area contributed by atoms with E-state index in [1.165, 1.54) is 12.1 Å². The van der Waals surface area contributed by atoms with Gasteiger partial charge in [-0.1, -0.05) is 11.6 Å². The van der Waals surface area contributed by atoms with Gasteiger partial charge in [0.2, 0.25) is 0 Å². The lowest BCUT2D eigenvalue weighted by Gasteiger charge is -2.00. The number of hydrogen-bond acceptors (Lipinski definition) is 2. The number of imidazole rings is 1. The van der Waals surface area contributed by atoms with Gasteiger partial charge >= 0.3 is 0 Å². The first-order valence-electron chi connectivity index (χ1n) is 5.16. The first-order chi connectivity index (χ1) is 8.56. The lowest BCUT2D eigenvalue weighted by molar-refractivity contribution is 0.629. The van der Waals surface area contributed by atoms with Crippen LogP contribution in [0.5, 0.6) is 0 Å². The number of fused-ring (bicyclic) bond motifs is 1. The summed E-state index contributed by atoms with van der Waals surface area (Å²) in [6, 6.07) is 4.66. The number of nitrogens with zero attached hydrogens (tertiary/aromatic N) is 3. The molecule has 0 aliphatic rings. The first-order valence-corrected chi connectivity index (χ1v) is 5.94. The number of aryl methyl sites for hydroxylation is 1. The van der Waals surface area contributed by atoms with E-state index in [2.05, 4.69) is 10.1 Å². The molecule has 0 amide bonds. The van der Waals surface area contributed by atoms with E-state index in [4.69, 9.17) is 23.8 Å². The Bertz CT molecular complexity index is 801. The van der Waals surface area contributed by atoms with E-state index in [-0.39, 0.29) is 5.02 Å². The summed E-state index contributed by atoms with van der Waals surface area (Å²) in [6.45, 7) is 0. The molecule has 1 N–H and O–H groups in total. The van der Waals surface area contributed by atoms with E-state index < -0.39 is 5.82 Å². The van der Waals surface area contributed by atoms with Crippen molar-refractivity contribution in [1.82, 2.24) is 19.3 Å². The van der Waals surface area contributed by atoms with Gasteiger partial charge in [0.15, 0.2) is 10.6 Å². The minimum Gasteiger partial charge on any atom is -0.330 e. The Morgan fingerprint density at radius 1 is 1.44 bits per heavy atom. The molecule has 3 rings (SSSR count). The number of aromatic amines is 1.